The van der Waals surface area contributed by atoms with Gasteiger partial charge < -0.3 is 9.73 Å². The summed E-state index contributed by atoms with van der Waals surface area (Å²) in [6.07, 6.45) is 2.62. The van der Waals surface area contributed by atoms with E-state index in [4.69, 9.17) is 16.0 Å². The molecule has 3 nitrogen and oxygen atoms in total. The summed E-state index contributed by atoms with van der Waals surface area (Å²) in [5, 5.41) is 4.79. The fourth-order valence-corrected chi connectivity index (χ4v) is 2.65. The number of para-hydroxylation sites is 1. The van der Waals surface area contributed by atoms with Crippen LogP contribution in [0.5, 0.6) is 0 Å². The Morgan fingerprint density at radius 3 is 2.94 bits per heavy atom. The van der Waals surface area contributed by atoms with Crippen LogP contribution in [0.4, 0.5) is 0 Å². The molecular weight excluding hydrogens is 270 g/mol. The Morgan fingerprint density at radius 1 is 1.39 bits per heavy atom. The zero-order valence-electron chi connectivity index (χ0n) is 10.2. The average molecular weight is 286 g/mol. The fraction of sp³-hybridized carbons (Fsp3) is 0.385. The van der Waals surface area contributed by atoms with E-state index in [1.165, 1.54) is 0 Å². The van der Waals surface area contributed by atoms with Crippen molar-refractivity contribution in [2.45, 2.75) is 13.0 Å². The minimum Gasteiger partial charge on any atom is -0.444 e. The van der Waals surface area contributed by atoms with Gasteiger partial charge in [-0.25, -0.2) is 0 Å². The van der Waals surface area contributed by atoms with E-state index in [0.717, 1.165) is 35.3 Å². The Balaban J connectivity index is 1.95. The first kappa shape index (κ1) is 13.6. The van der Waals surface area contributed by atoms with Crippen molar-refractivity contribution in [3.05, 3.63) is 35.0 Å². The van der Waals surface area contributed by atoms with Crippen molar-refractivity contribution >= 4 is 33.4 Å². The van der Waals surface area contributed by atoms with Gasteiger partial charge in [0.15, 0.2) is 5.22 Å². The first-order chi connectivity index (χ1) is 8.68. The Bertz CT molecular complexity index is 553. The van der Waals surface area contributed by atoms with Crippen LogP contribution < -0.4 is 5.32 Å². The van der Waals surface area contributed by atoms with Crippen LogP contribution in [0.15, 0.2) is 28.7 Å². The van der Waals surface area contributed by atoms with Gasteiger partial charge in [-0.1, -0.05) is 18.2 Å². The topological polar surface area (TPSA) is 42.2 Å². The SMILES string of the molecule is CS(=O)CCCNCc1c(Cl)oc2ccccc12. The van der Waals surface area contributed by atoms with Crippen LogP contribution in [-0.2, 0) is 17.3 Å². The molecule has 0 bridgehead atoms. The molecule has 0 saturated carbocycles. The zero-order chi connectivity index (χ0) is 13.0. The van der Waals surface area contributed by atoms with Crippen molar-refractivity contribution in [2.24, 2.45) is 0 Å². The molecule has 1 heterocycles. The van der Waals surface area contributed by atoms with Crippen molar-refractivity contribution in [3.8, 4) is 0 Å². The molecular formula is C13H16ClNO2S. The second-order valence-corrected chi connectivity index (χ2v) is 6.06. The summed E-state index contributed by atoms with van der Waals surface area (Å²) in [6.45, 7) is 1.50. The van der Waals surface area contributed by atoms with Crippen LogP contribution >= 0.6 is 11.6 Å². The summed E-state index contributed by atoms with van der Waals surface area (Å²) in [6, 6.07) is 7.81. The lowest BCUT2D eigenvalue weighted by Gasteiger charge is -2.03. The third-order valence-corrected chi connectivity index (χ3v) is 3.90. The van der Waals surface area contributed by atoms with Crippen LogP contribution in [0.3, 0.4) is 0 Å². The molecule has 2 aromatic rings. The van der Waals surface area contributed by atoms with Gasteiger partial charge in [-0.2, -0.15) is 0 Å². The molecule has 1 aromatic carbocycles. The first-order valence-corrected chi connectivity index (χ1v) is 7.95. The molecule has 2 rings (SSSR count). The second-order valence-electron chi connectivity index (χ2n) is 4.16. The summed E-state index contributed by atoms with van der Waals surface area (Å²) >= 11 is 6.08. The molecule has 0 aliphatic heterocycles. The highest BCUT2D eigenvalue weighted by Crippen LogP contribution is 2.29. The number of halogens is 1. The molecule has 0 aliphatic rings. The van der Waals surface area contributed by atoms with Crippen molar-refractivity contribution in [1.29, 1.82) is 0 Å². The number of hydrogen-bond donors (Lipinski definition) is 1. The van der Waals surface area contributed by atoms with E-state index >= 15 is 0 Å². The predicted octanol–water partition coefficient (Wildman–Crippen LogP) is 2.94. The van der Waals surface area contributed by atoms with Gasteiger partial charge in [0, 0.05) is 40.3 Å². The summed E-state index contributed by atoms with van der Waals surface area (Å²) < 4.78 is 16.4. The van der Waals surface area contributed by atoms with Gasteiger partial charge in [0.1, 0.15) is 5.58 Å². The van der Waals surface area contributed by atoms with Gasteiger partial charge in [-0.05, 0) is 30.6 Å². The molecule has 1 N–H and O–H groups in total. The Morgan fingerprint density at radius 2 is 2.17 bits per heavy atom. The molecule has 0 spiro atoms. The largest absolute Gasteiger partial charge is 0.444 e. The third-order valence-electron chi connectivity index (χ3n) is 2.74. The maximum atomic E-state index is 10.9. The maximum Gasteiger partial charge on any atom is 0.199 e. The molecule has 0 radical (unpaired) electrons. The number of rotatable bonds is 6. The van der Waals surface area contributed by atoms with Crippen LogP contribution in [-0.4, -0.2) is 22.8 Å². The third kappa shape index (κ3) is 3.34. The molecule has 18 heavy (non-hydrogen) atoms. The molecule has 98 valence electrons. The Hall–Kier alpha value is -0.840. The van der Waals surface area contributed by atoms with Crippen molar-refractivity contribution in [1.82, 2.24) is 5.32 Å². The molecule has 0 fully saturated rings. The maximum absolute atomic E-state index is 10.9. The average Bonchev–Trinajstić information content (AvgIpc) is 2.65. The zero-order valence-corrected chi connectivity index (χ0v) is 11.8. The van der Waals surface area contributed by atoms with Crippen LogP contribution in [0.1, 0.15) is 12.0 Å². The monoisotopic (exact) mass is 285 g/mol. The van der Waals surface area contributed by atoms with Crippen LogP contribution in [0, 0.1) is 0 Å². The Kier molecular flexibility index (Phi) is 4.80. The van der Waals surface area contributed by atoms with Crippen molar-refractivity contribution in [3.63, 3.8) is 0 Å². The summed E-state index contributed by atoms with van der Waals surface area (Å²) in [5.74, 6) is 0.729. The molecule has 0 amide bonds. The first-order valence-electron chi connectivity index (χ1n) is 5.85. The highest BCUT2D eigenvalue weighted by Gasteiger charge is 2.10. The lowest BCUT2D eigenvalue weighted by atomic mass is 10.2. The van der Waals surface area contributed by atoms with Gasteiger partial charge in [-0.3, -0.25) is 4.21 Å². The minimum atomic E-state index is -0.717. The minimum absolute atomic E-state index is 0.447. The quantitative estimate of drug-likeness (QED) is 0.830. The summed E-state index contributed by atoms with van der Waals surface area (Å²) in [7, 11) is -0.717. The van der Waals surface area contributed by atoms with Crippen LogP contribution in [0.2, 0.25) is 5.22 Å². The summed E-state index contributed by atoms with van der Waals surface area (Å²) in [4.78, 5) is 0. The number of nitrogens with one attached hydrogen (secondary N) is 1. The smallest absolute Gasteiger partial charge is 0.199 e. The number of hydrogen-bond acceptors (Lipinski definition) is 3. The van der Waals surface area contributed by atoms with Gasteiger partial charge >= 0.3 is 0 Å². The number of benzene rings is 1. The van der Waals surface area contributed by atoms with Gasteiger partial charge in [0.05, 0.1) is 0 Å². The van der Waals surface area contributed by atoms with Gasteiger partial charge in [0.25, 0.3) is 0 Å². The van der Waals surface area contributed by atoms with E-state index in [1.54, 1.807) is 6.26 Å². The van der Waals surface area contributed by atoms with E-state index < -0.39 is 10.8 Å². The highest BCUT2D eigenvalue weighted by molar-refractivity contribution is 7.84. The standard InChI is InChI=1S/C13H16ClNO2S/c1-18(16)8-4-7-15-9-11-10-5-2-3-6-12(10)17-13(11)14/h2-3,5-6,15H,4,7-9H2,1H3. The van der Waals surface area contributed by atoms with E-state index in [-0.39, 0.29) is 0 Å². The van der Waals surface area contributed by atoms with E-state index in [1.807, 2.05) is 24.3 Å². The molecule has 5 heteroatoms. The van der Waals surface area contributed by atoms with Crippen LogP contribution in [0.25, 0.3) is 11.0 Å². The lowest BCUT2D eigenvalue weighted by Crippen LogP contribution is -2.16. The van der Waals surface area contributed by atoms with Crippen molar-refractivity contribution in [2.75, 3.05) is 18.6 Å². The summed E-state index contributed by atoms with van der Waals surface area (Å²) in [5.41, 5.74) is 1.80. The van der Waals surface area contributed by atoms with E-state index in [9.17, 15) is 4.21 Å². The lowest BCUT2D eigenvalue weighted by molar-refractivity contribution is 0.603. The van der Waals surface area contributed by atoms with E-state index in [2.05, 4.69) is 5.32 Å². The molecule has 1 unspecified atom stereocenters. The molecule has 1 atom stereocenters. The number of furan rings is 1. The predicted molar refractivity (Wildman–Crippen MR) is 76.5 cm³/mol. The highest BCUT2D eigenvalue weighted by atomic mass is 35.5. The molecule has 1 aromatic heterocycles. The molecule has 0 saturated heterocycles. The second kappa shape index (κ2) is 6.36. The van der Waals surface area contributed by atoms with E-state index in [0.29, 0.717) is 11.8 Å². The number of fused-ring (bicyclic) bond motifs is 1. The molecule has 0 aliphatic carbocycles. The van der Waals surface area contributed by atoms with Gasteiger partial charge in [0.2, 0.25) is 0 Å². The van der Waals surface area contributed by atoms with Gasteiger partial charge in [-0.15, -0.1) is 0 Å². The normalized spacial score (nSPS) is 13.0. The van der Waals surface area contributed by atoms with Crippen molar-refractivity contribution < 1.29 is 8.63 Å². The fourth-order valence-electron chi connectivity index (χ4n) is 1.85. The Labute approximate surface area is 114 Å².